The highest BCUT2D eigenvalue weighted by Crippen LogP contribution is 2.23. The van der Waals surface area contributed by atoms with Crippen molar-refractivity contribution in [3.63, 3.8) is 0 Å². The summed E-state index contributed by atoms with van der Waals surface area (Å²) in [5.74, 6) is 0.245. The van der Waals surface area contributed by atoms with Crippen molar-refractivity contribution in [1.29, 1.82) is 0 Å². The molecule has 3 aromatic rings. The molecule has 1 unspecified atom stereocenters. The van der Waals surface area contributed by atoms with Gasteiger partial charge in [0.1, 0.15) is 5.82 Å². The molecule has 0 radical (unpaired) electrons. The van der Waals surface area contributed by atoms with Crippen LogP contribution >= 0.6 is 0 Å². The molecule has 0 spiro atoms. The fraction of sp³-hybridized carbons (Fsp3) is 0.318. The molecule has 0 aliphatic carbocycles. The number of nitrogens with zero attached hydrogens (tertiary/aromatic N) is 3. The number of carbonyl (C=O) groups is 1. The summed E-state index contributed by atoms with van der Waals surface area (Å²) in [5, 5.41) is 6.90. The van der Waals surface area contributed by atoms with E-state index in [0.717, 1.165) is 17.7 Å². The van der Waals surface area contributed by atoms with Crippen LogP contribution in [0.15, 0.2) is 47.0 Å². The summed E-state index contributed by atoms with van der Waals surface area (Å²) in [6.45, 7) is 5.78. The van der Waals surface area contributed by atoms with E-state index in [0.29, 0.717) is 22.8 Å². The smallest absolute Gasteiger partial charge is 0.244 e. The third kappa shape index (κ3) is 4.86. The molecule has 1 aromatic heterocycles. The number of halogens is 1. The van der Waals surface area contributed by atoms with Gasteiger partial charge in [0.25, 0.3) is 0 Å². The highest BCUT2D eigenvalue weighted by Gasteiger charge is 2.21. The van der Waals surface area contributed by atoms with Crippen LogP contribution < -0.4 is 5.32 Å². The summed E-state index contributed by atoms with van der Waals surface area (Å²) in [4.78, 5) is 18.7. The monoisotopic (exact) mass is 396 g/mol. The second-order valence-corrected chi connectivity index (χ2v) is 7.07. The predicted octanol–water partition coefficient (Wildman–Crippen LogP) is 4.38. The molecule has 1 atom stereocenters. The van der Waals surface area contributed by atoms with E-state index in [4.69, 9.17) is 4.52 Å². The van der Waals surface area contributed by atoms with E-state index in [1.54, 1.807) is 19.1 Å². The van der Waals surface area contributed by atoms with Gasteiger partial charge in [0.2, 0.25) is 17.6 Å². The Morgan fingerprint density at radius 1 is 1.28 bits per heavy atom. The first-order chi connectivity index (χ1) is 13.9. The predicted molar refractivity (Wildman–Crippen MR) is 110 cm³/mol. The Morgan fingerprint density at radius 3 is 2.76 bits per heavy atom. The van der Waals surface area contributed by atoms with E-state index in [9.17, 15) is 9.18 Å². The fourth-order valence-electron chi connectivity index (χ4n) is 2.95. The minimum absolute atomic E-state index is 0.124. The molecule has 0 saturated heterocycles. The second kappa shape index (κ2) is 8.96. The summed E-state index contributed by atoms with van der Waals surface area (Å²) < 4.78 is 19.1. The molecule has 0 aliphatic rings. The lowest BCUT2D eigenvalue weighted by Gasteiger charge is -2.21. The van der Waals surface area contributed by atoms with Crippen molar-refractivity contribution >= 4 is 11.6 Å². The van der Waals surface area contributed by atoms with Crippen molar-refractivity contribution in [3.05, 3.63) is 65.3 Å². The minimum Gasteiger partial charge on any atom is -0.337 e. The number of aryl methyl sites for hydroxylation is 2. The van der Waals surface area contributed by atoms with Crippen molar-refractivity contribution in [2.75, 3.05) is 18.9 Å². The van der Waals surface area contributed by atoms with Gasteiger partial charge in [-0.2, -0.15) is 4.98 Å². The normalized spacial score (nSPS) is 12.2. The van der Waals surface area contributed by atoms with Crippen LogP contribution in [0, 0.1) is 12.7 Å². The van der Waals surface area contributed by atoms with Gasteiger partial charge in [-0.25, -0.2) is 4.39 Å². The highest BCUT2D eigenvalue weighted by molar-refractivity contribution is 5.93. The third-order valence-corrected chi connectivity index (χ3v) is 4.96. The third-order valence-electron chi connectivity index (χ3n) is 4.96. The van der Waals surface area contributed by atoms with Gasteiger partial charge >= 0.3 is 0 Å². The lowest BCUT2D eigenvalue weighted by atomic mass is 10.1. The fourth-order valence-corrected chi connectivity index (χ4v) is 2.95. The topological polar surface area (TPSA) is 71.3 Å². The Labute approximate surface area is 169 Å². The van der Waals surface area contributed by atoms with Gasteiger partial charge in [-0.05, 0) is 50.6 Å². The van der Waals surface area contributed by atoms with Crippen molar-refractivity contribution in [1.82, 2.24) is 15.0 Å². The van der Waals surface area contributed by atoms with Crippen LogP contribution in [-0.2, 0) is 11.2 Å². The summed E-state index contributed by atoms with van der Waals surface area (Å²) in [6, 6.07) is 12.3. The molecule has 0 bridgehead atoms. The number of anilines is 1. The van der Waals surface area contributed by atoms with E-state index in [-0.39, 0.29) is 24.3 Å². The molecule has 0 aliphatic heterocycles. The van der Waals surface area contributed by atoms with Crippen molar-refractivity contribution < 1.29 is 13.7 Å². The number of hydrogen-bond acceptors (Lipinski definition) is 5. The largest absolute Gasteiger partial charge is 0.337 e. The molecular formula is C22H25FN4O2. The van der Waals surface area contributed by atoms with Crippen LogP contribution in [0.1, 0.15) is 36.9 Å². The van der Waals surface area contributed by atoms with Gasteiger partial charge in [-0.1, -0.05) is 42.4 Å². The Kier molecular flexibility index (Phi) is 6.39. The number of aromatic nitrogens is 2. The molecule has 29 heavy (non-hydrogen) atoms. The first-order valence-electron chi connectivity index (χ1n) is 9.57. The van der Waals surface area contributed by atoms with Crippen molar-refractivity contribution in [3.8, 4) is 11.4 Å². The summed E-state index contributed by atoms with van der Waals surface area (Å²) in [5.41, 5.74) is 3.01. The molecule has 1 N–H and O–H groups in total. The standard InChI is InChI=1S/C22H25FN4O2/c1-5-16-8-6-7-9-19(16)24-20(28)13-27(4)15(3)22-25-21(26-29-22)17-11-10-14(2)18(23)12-17/h6-12,15H,5,13H2,1-4H3,(H,24,28). The van der Waals surface area contributed by atoms with Crippen LogP contribution in [0.3, 0.4) is 0 Å². The summed E-state index contributed by atoms with van der Waals surface area (Å²) in [6.07, 6.45) is 0.840. The quantitative estimate of drug-likeness (QED) is 0.642. The molecule has 152 valence electrons. The number of carbonyl (C=O) groups excluding carboxylic acids is 1. The maximum absolute atomic E-state index is 13.8. The van der Waals surface area contributed by atoms with Gasteiger partial charge in [0.05, 0.1) is 12.6 Å². The SMILES string of the molecule is CCc1ccccc1NC(=O)CN(C)C(C)c1nc(-c2ccc(C)c(F)c2)no1. The average Bonchev–Trinajstić information content (AvgIpc) is 3.20. The van der Waals surface area contributed by atoms with Crippen molar-refractivity contribution in [2.45, 2.75) is 33.2 Å². The molecule has 1 amide bonds. The van der Waals surface area contributed by atoms with Crippen molar-refractivity contribution in [2.24, 2.45) is 0 Å². The Hall–Kier alpha value is -3.06. The van der Waals surface area contributed by atoms with E-state index in [2.05, 4.69) is 15.5 Å². The van der Waals surface area contributed by atoms with E-state index in [1.807, 2.05) is 50.1 Å². The van der Waals surface area contributed by atoms with Crippen LogP contribution in [0.4, 0.5) is 10.1 Å². The van der Waals surface area contributed by atoms with Crippen LogP contribution in [0.5, 0.6) is 0 Å². The number of amides is 1. The van der Waals surface area contributed by atoms with Crippen LogP contribution in [0.2, 0.25) is 0 Å². The zero-order valence-corrected chi connectivity index (χ0v) is 17.1. The minimum atomic E-state index is -0.317. The summed E-state index contributed by atoms with van der Waals surface area (Å²) in [7, 11) is 1.81. The number of para-hydroxylation sites is 1. The molecule has 6 nitrogen and oxygen atoms in total. The van der Waals surface area contributed by atoms with Gasteiger partial charge < -0.3 is 9.84 Å². The molecule has 1 heterocycles. The Bertz CT molecular complexity index is 1000. The van der Waals surface area contributed by atoms with E-state index < -0.39 is 0 Å². The number of likely N-dealkylation sites (N-methyl/N-ethyl adjacent to an activating group) is 1. The average molecular weight is 396 g/mol. The van der Waals surface area contributed by atoms with Gasteiger partial charge in [0, 0.05) is 11.3 Å². The van der Waals surface area contributed by atoms with Crippen LogP contribution in [0.25, 0.3) is 11.4 Å². The molecular weight excluding hydrogens is 371 g/mol. The van der Waals surface area contributed by atoms with Gasteiger partial charge in [-0.15, -0.1) is 0 Å². The molecule has 0 fully saturated rings. The van der Waals surface area contributed by atoms with E-state index in [1.165, 1.54) is 6.07 Å². The first kappa shape index (κ1) is 20.7. The Morgan fingerprint density at radius 2 is 2.03 bits per heavy atom. The van der Waals surface area contributed by atoms with Crippen LogP contribution in [-0.4, -0.2) is 34.5 Å². The second-order valence-electron chi connectivity index (χ2n) is 7.07. The first-order valence-corrected chi connectivity index (χ1v) is 9.57. The molecule has 3 rings (SSSR count). The zero-order chi connectivity index (χ0) is 21.0. The lowest BCUT2D eigenvalue weighted by Crippen LogP contribution is -2.32. The van der Waals surface area contributed by atoms with Gasteiger partial charge in [-0.3, -0.25) is 9.69 Å². The Balaban J connectivity index is 1.65. The van der Waals surface area contributed by atoms with Gasteiger partial charge in [0.15, 0.2) is 0 Å². The number of benzene rings is 2. The maximum atomic E-state index is 13.8. The molecule has 2 aromatic carbocycles. The summed E-state index contributed by atoms with van der Waals surface area (Å²) >= 11 is 0. The molecule has 0 saturated carbocycles. The van der Waals surface area contributed by atoms with E-state index >= 15 is 0 Å². The highest BCUT2D eigenvalue weighted by atomic mass is 19.1. The number of hydrogen-bond donors (Lipinski definition) is 1. The maximum Gasteiger partial charge on any atom is 0.244 e. The number of nitrogens with one attached hydrogen (secondary N) is 1. The number of rotatable bonds is 7. The zero-order valence-electron chi connectivity index (χ0n) is 17.1. The lowest BCUT2D eigenvalue weighted by molar-refractivity contribution is -0.117. The molecule has 7 heteroatoms.